The number of rotatable bonds is 9. The fourth-order valence-electron chi connectivity index (χ4n) is 3.96. The van der Waals surface area contributed by atoms with Crippen molar-refractivity contribution in [3.63, 3.8) is 0 Å². The second kappa shape index (κ2) is 8.96. The Balaban J connectivity index is 1.82. The van der Waals surface area contributed by atoms with Crippen molar-refractivity contribution in [2.75, 3.05) is 20.1 Å². The Morgan fingerprint density at radius 2 is 1.78 bits per heavy atom. The zero-order valence-corrected chi connectivity index (χ0v) is 16.6. The van der Waals surface area contributed by atoms with Crippen molar-refractivity contribution < 1.29 is 4.48 Å². The van der Waals surface area contributed by atoms with Crippen molar-refractivity contribution in [1.29, 1.82) is 0 Å². The predicted molar refractivity (Wildman–Crippen MR) is 115 cm³/mol. The number of aromatic nitrogens is 1. The number of likely N-dealkylation sites (N-methyl/N-ethyl adjacent to an activating group) is 1. The van der Waals surface area contributed by atoms with Crippen LogP contribution >= 0.6 is 0 Å². The molecule has 2 aromatic carbocycles. The molecule has 0 fully saturated rings. The van der Waals surface area contributed by atoms with Gasteiger partial charge in [0.1, 0.15) is 6.54 Å². The van der Waals surface area contributed by atoms with Gasteiger partial charge >= 0.3 is 0 Å². The quantitative estimate of drug-likeness (QED) is 0.356. The first-order valence-electron chi connectivity index (χ1n) is 9.96. The van der Waals surface area contributed by atoms with Crippen LogP contribution in [0.3, 0.4) is 0 Å². The van der Waals surface area contributed by atoms with Crippen molar-refractivity contribution in [2.45, 2.75) is 26.3 Å². The van der Waals surface area contributed by atoms with Crippen molar-refractivity contribution >= 4 is 10.9 Å². The number of nitrogens with zero attached hydrogens (tertiary/aromatic N) is 2. The molecule has 0 aliphatic rings. The Morgan fingerprint density at radius 3 is 2.52 bits per heavy atom. The Hall–Kier alpha value is -2.45. The van der Waals surface area contributed by atoms with E-state index in [1.54, 1.807) is 0 Å². The summed E-state index contributed by atoms with van der Waals surface area (Å²) in [5.41, 5.74) is 3.88. The zero-order valence-electron chi connectivity index (χ0n) is 16.6. The van der Waals surface area contributed by atoms with Gasteiger partial charge in [-0.25, -0.2) is 0 Å². The maximum atomic E-state index is 4.51. The number of para-hydroxylation sites is 1. The van der Waals surface area contributed by atoms with Crippen molar-refractivity contribution in [3.05, 3.63) is 90.6 Å². The molecule has 2 nitrogen and oxygen atoms in total. The van der Waals surface area contributed by atoms with E-state index in [0.717, 1.165) is 42.5 Å². The SMILES string of the molecule is C=CC(CC)C[N+](C)(CCc1ccnc2ccccc12)Cc1ccccc1. The molecular formula is C25H31N2+. The van der Waals surface area contributed by atoms with E-state index in [2.05, 4.69) is 92.3 Å². The van der Waals surface area contributed by atoms with E-state index < -0.39 is 0 Å². The summed E-state index contributed by atoms with van der Waals surface area (Å²) >= 11 is 0. The number of quaternary nitrogens is 1. The van der Waals surface area contributed by atoms with Crippen LogP contribution in [-0.2, 0) is 13.0 Å². The van der Waals surface area contributed by atoms with Crippen LogP contribution in [0.2, 0.25) is 0 Å². The summed E-state index contributed by atoms with van der Waals surface area (Å²) in [7, 11) is 2.39. The van der Waals surface area contributed by atoms with E-state index in [1.165, 1.54) is 16.5 Å². The summed E-state index contributed by atoms with van der Waals surface area (Å²) in [5.74, 6) is 0.549. The molecule has 1 aromatic heterocycles. The van der Waals surface area contributed by atoms with Gasteiger partial charge in [-0.15, -0.1) is 6.58 Å². The van der Waals surface area contributed by atoms with Gasteiger partial charge in [0.2, 0.25) is 0 Å². The molecule has 3 rings (SSSR count). The summed E-state index contributed by atoms with van der Waals surface area (Å²) in [6.07, 6.45) is 6.27. The molecule has 0 saturated carbocycles. The molecule has 0 radical (unpaired) electrons. The molecule has 1 heterocycles. The molecule has 2 heteroatoms. The van der Waals surface area contributed by atoms with Gasteiger partial charge in [0.05, 0.1) is 25.7 Å². The van der Waals surface area contributed by atoms with Crippen molar-refractivity contribution in [3.8, 4) is 0 Å². The minimum Gasteiger partial charge on any atom is -0.322 e. The molecule has 0 saturated heterocycles. The molecule has 0 spiro atoms. The van der Waals surface area contributed by atoms with Crippen LogP contribution in [0.25, 0.3) is 10.9 Å². The summed E-state index contributed by atoms with van der Waals surface area (Å²) in [5, 5.41) is 1.28. The minimum atomic E-state index is 0.549. The molecular weight excluding hydrogens is 328 g/mol. The lowest BCUT2D eigenvalue weighted by Gasteiger charge is -2.37. The molecule has 0 aliphatic heterocycles. The lowest BCUT2D eigenvalue weighted by atomic mass is 10.0. The molecule has 2 atom stereocenters. The maximum Gasteiger partial charge on any atom is 0.104 e. The van der Waals surface area contributed by atoms with Crippen LogP contribution in [0.5, 0.6) is 0 Å². The number of hydrogen-bond acceptors (Lipinski definition) is 1. The molecule has 0 amide bonds. The highest BCUT2D eigenvalue weighted by Crippen LogP contribution is 2.22. The van der Waals surface area contributed by atoms with Crippen LogP contribution in [0, 0.1) is 5.92 Å². The van der Waals surface area contributed by atoms with Gasteiger partial charge in [0, 0.05) is 29.5 Å². The first-order chi connectivity index (χ1) is 13.1. The zero-order chi connectivity index (χ0) is 19.1. The van der Waals surface area contributed by atoms with E-state index in [1.807, 2.05) is 6.20 Å². The van der Waals surface area contributed by atoms with Gasteiger partial charge in [0.15, 0.2) is 0 Å². The first kappa shape index (κ1) is 19.3. The molecule has 0 bridgehead atoms. The summed E-state index contributed by atoms with van der Waals surface area (Å²) < 4.78 is 1.02. The van der Waals surface area contributed by atoms with Crippen LogP contribution in [0.15, 0.2) is 79.5 Å². The number of hydrogen-bond donors (Lipinski definition) is 0. The van der Waals surface area contributed by atoms with Gasteiger partial charge in [-0.3, -0.25) is 4.98 Å². The van der Waals surface area contributed by atoms with E-state index in [-0.39, 0.29) is 0 Å². The van der Waals surface area contributed by atoms with E-state index >= 15 is 0 Å². The third-order valence-corrected chi connectivity index (χ3v) is 5.60. The monoisotopic (exact) mass is 359 g/mol. The molecule has 3 aromatic rings. The summed E-state index contributed by atoms with van der Waals surface area (Å²) in [6, 6.07) is 21.5. The van der Waals surface area contributed by atoms with Crippen LogP contribution in [0.1, 0.15) is 24.5 Å². The highest BCUT2D eigenvalue weighted by atomic mass is 15.3. The fourth-order valence-corrected chi connectivity index (χ4v) is 3.96. The third kappa shape index (κ3) is 5.05. The van der Waals surface area contributed by atoms with E-state index in [9.17, 15) is 0 Å². The fraction of sp³-hybridized carbons (Fsp3) is 0.320. The lowest BCUT2D eigenvalue weighted by Crippen LogP contribution is -2.47. The van der Waals surface area contributed by atoms with Crippen LogP contribution in [0.4, 0.5) is 0 Å². The van der Waals surface area contributed by atoms with Crippen LogP contribution in [-0.4, -0.2) is 29.6 Å². The minimum absolute atomic E-state index is 0.549. The van der Waals surface area contributed by atoms with Crippen LogP contribution < -0.4 is 0 Å². The van der Waals surface area contributed by atoms with Gasteiger partial charge in [-0.1, -0.05) is 61.5 Å². The highest BCUT2D eigenvalue weighted by Gasteiger charge is 2.25. The first-order valence-corrected chi connectivity index (χ1v) is 9.96. The average molecular weight is 360 g/mol. The average Bonchev–Trinajstić information content (AvgIpc) is 2.71. The van der Waals surface area contributed by atoms with Gasteiger partial charge in [0.25, 0.3) is 0 Å². The standard InChI is InChI=1S/C25H31N2/c1-4-21(5-2)19-27(3,20-22-11-7-6-8-12-22)18-16-23-15-17-26-25-14-10-9-13-24(23)25/h4,6-15,17,21H,1,5,16,18-20H2,2-3H3/q+1. The summed E-state index contributed by atoms with van der Waals surface area (Å²) in [4.78, 5) is 4.51. The largest absolute Gasteiger partial charge is 0.322 e. The number of benzene rings is 2. The maximum absolute atomic E-state index is 4.51. The second-order valence-corrected chi connectivity index (χ2v) is 7.81. The molecule has 27 heavy (non-hydrogen) atoms. The topological polar surface area (TPSA) is 12.9 Å². The van der Waals surface area contributed by atoms with Crippen molar-refractivity contribution in [1.82, 2.24) is 4.98 Å². The Bertz CT molecular complexity index is 866. The summed E-state index contributed by atoms with van der Waals surface area (Å²) in [6.45, 7) is 9.60. The number of pyridine rings is 1. The van der Waals surface area contributed by atoms with Gasteiger partial charge in [-0.2, -0.15) is 0 Å². The number of fused-ring (bicyclic) bond motifs is 1. The Labute approximate surface area is 163 Å². The molecule has 140 valence electrons. The molecule has 0 N–H and O–H groups in total. The Kier molecular flexibility index (Phi) is 6.41. The van der Waals surface area contributed by atoms with Gasteiger partial charge in [-0.05, 0) is 24.1 Å². The Morgan fingerprint density at radius 1 is 1.04 bits per heavy atom. The lowest BCUT2D eigenvalue weighted by molar-refractivity contribution is -0.924. The second-order valence-electron chi connectivity index (χ2n) is 7.81. The molecule has 0 aliphatic carbocycles. The van der Waals surface area contributed by atoms with E-state index in [0.29, 0.717) is 5.92 Å². The van der Waals surface area contributed by atoms with E-state index in [4.69, 9.17) is 0 Å². The smallest absolute Gasteiger partial charge is 0.104 e. The third-order valence-electron chi connectivity index (χ3n) is 5.60. The predicted octanol–water partition coefficient (Wildman–Crippen LogP) is 5.64. The molecule has 2 unspecified atom stereocenters. The highest BCUT2D eigenvalue weighted by molar-refractivity contribution is 5.81. The van der Waals surface area contributed by atoms with Crippen molar-refractivity contribution in [2.24, 2.45) is 5.92 Å². The van der Waals surface area contributed by atoms with Gasteiger partial charge < -0.3 is 4.48 Å². The normalized spacial score (nSPS) is 14.6.